The molecule has 0 fully saturated rings. The van der Waals surface area contributed by atoms with Crippen LogP contribution in [-0.2, 0) is 9.53 Å². The summed E-state index contributed by atoms with van der Waals surface area (Å²) in [6.45, 7) is 4.05. The highest BCUT2D eigenvalue weighted by Crippen LogP contribution is 2.25. The van der Waals surface area contributed by atoms with E-state index >= 15 is 0 Å². The number of hydrogen-bond acceptors (Lipinski definition) is 5. The number of ether oxygens (including phenoxy) is 1. The van der Waals surface area contributed by atoms with Gasteiger partial charge in [0, 0.05) is 0 Å². The number of hydrogen-bond donors (Lipinski definition) is 1. The van der Waals surface area contributed by atoms with E-state index in [9.17, 15) is 4.79 Å². The van der Waals surface area contributed by atoms with Gasteiger partial charge in [0.1, 0.15) is 5.25 Å². The number of rotatable bonds is 2. The Bertz CT molecular complexity index is 217. The first-order chi connectivity index (χ1) is 5.65. The van der Waals surface area contributed by atoms with Crippen LogP contribution in [0.3, 0.4) is 0 Å². The average Bonchev–Trinajstić information content (AvgIpc) is 2.30. The molecule has 1 rings (SSSR count). The van der Waals surface area contributed by atoms with Crippen LogP contribution in [0.15, 0.2) is 4.99 Å². The maximum atomic E-state index is 11.2. The van der Waals surface area contributed by atoms with Crippen molar-refractivity contribution in [1.29, 1.82) is 0 Å². The maximum absolute atomic E-state index is 11.2. The van der Waals surface area contributed by atoms with Crippen molar-refractivity contribution in [1.82, 2.24) is 0 Å². The Balaban J connectivity index is 2.51. The van der Waals surface area contributed by atoms with Gasteiger partial charge in [-0.25, -0.2) is 0 Å². The fourth-order valence-corrected chi connectivity index (χ4v) is 1.91. The minimum Gasteiger partial charge on any atom is -0.465 e. The first-order valence-electron chi connectivity index (χ1n) is 3.81. The number of amidine groups is 1. The number of carbonyl (C=O) groups is 1. The van der Waals surface area contributed by atoms with E-state index in [-0.39, 0.29) is 17.3 Å². The van der Waals surface area contributed by atoms with Crippen LogP contribution in [0.1, 0.15) is 13.8 Å². The van der Waals surface area contributed by atoms with Gasteiger partial charge < -0.3 is 10.5 Å². The van der Waals surface area contributed by atoms with Gasteiger partial charge in [-0.2, -0.15) is 0 Å². The lowest BCUT2D eigenvalue weighted by Gasteiger charge is -2.10. The SMILES string of the molecule is CCOC(=O)[C@H]1SC(N)=N[C@H]1C. The van der Waals surface area contributed by atoms with Crippen molar-refractivity contribution in [2.24, 2.45) is 10.7 Å². The minimum atomic E-state index is -0.245. The van der Waals surface area contributed by atoms with Crippen LogP contribution in [0.5, 0.6) is 0 Å². The van der Waals surface area contributed by atoms with Gasteiger partial charge in [-0.15, -0.1) is 0 Å². The van der Waals surface area contributed by atoms with Crippen LogP contribution in [0.25, 0.3) is 0 Å². The van der Waals surface area contributed by atoms with E-state index in [4.69, 9.17) is 10.5 Å². The van der Waals surface area contributed by atoms with E-state index in [0.29, 0.717) is 11.8 Å². The smallest absolute Gasteiger partial charge is 0.321 e. The first kappa shape index (κ1) is 9.38. The summed E-state index contributed by atoms with van der Waals surface area (Å²) >= 11 is 1.27. The largest absolute Gasteiger partial charge is 0.465 e. The third-order valence-corrected chi connectivity index (χ3v) is 2.72. The van der Waals surface area contributed by atoms with Crippen molar-refractivity contribution in [2.45, 2.75) is 25.1 Å². The van der Waals surface area contributed by atoms with Crippen molar-refractivity contribution >= 4 is 22.9 Å². The molecule has 0 aliphatic carbocycles. The molecule has 0 spiro atoms. The molecule has 4 nitrogen and oxygen atoms in total. The molecule has 0 aromatic heterocycles. The number of esters is 1. The molecule has 0 aromatic rings. The molecule has 1 heterocycles. The summed E-state index contributed by atoms with van der Waals surface area (Å²) in [4.78, 5) is 15.3. The van der Waals surface area contributed by atoms with Crippen LogP contribution in [0.4, 0.5) is 0 Å². The van der Waals surface area contributed by atoms with E-state index < -0.39 is 0 Å². The van der Waals surface area contributed by atoms with E-state index in [1.807, 2.05) is 6.92 Å². The van der Waals surface area contributed by atoms with Crippen LogP contribution in [0, 0.1) is 0 Å². The van der Waals surface area contributed by atoms with Gasteiger partial charge in [-0.3, -0.25) is 9.79 Å². The molecule has 0 saturated carbocycles. The highest BCUT2D eigenvalue weighted by molar-refractivity contribution is 8.15. The van der Waals surface area contributed by atoms with Gasteiger partial charge in [0.05, 0.1) is 12.6 Å². The molecule has 0 amide bonds. The van der Waals surface area contributed by atoms with Crippen molar-refractivity contribution in [3.05, 3.63) is 0 Å². The van der Waals surface area contributed by atoms with Gasteiger partial charge in [0.15, 0.2) is 5.17 Å². The minimum absolute atomic E-state index is 0.0611. The van der Waals surface area contributed by atoms with Gasteiger partial charge in [0.2, 0.25) is 0 Å². The summed E-state index contributed by atoms with van der Waals surface area (Å²) in [5, 5.41) is 0.227. The van der Waals surface area contributed by atoms with Crippen LogP contribution in [0.2, 0.25) is 0 Å². The number of nitrogens with two attached hydrogens (primary N) is 1. The molecular weight excluding hydrogens is 176 g/mol. The number of thioether (sulfide) groups is 1. The highest BCUT2D eigenvalue weighted by Gasteiger charge is 2.32. The van der Waals surface area contributed by atoms with Crippen LogP contribution >= 0.6 is 11.8 Å². The Morgan fingerprint density at radius 1 is 1.83 bits per heavy atom. The first-order valence-corrected chi connectivity index (χ1v) is 4.69. The monoisotopic (exact) mass is 188 g/mol. The van der Waals surface area contributed by atoms with Crippen LogP contribution in [-0.4, -0.2) is 29.0 Å². The predicted octanol–water partition coefficient (Wildman–Crippen LogP) is 0.368. The standard InChI is InChI=1S/C7H12N2O2S/c1-3-11-6(10)5-4(2)9-7(8)12-5/h4-5H,3H2,1-2H3,(H2,8,9)/t4-,5-/m0/s1. The fourth-order valence-electron chi connectivity index (χ4n) is 0.997. The molecule has 0 aromatic carbocycles. The topological polar surface area (TPSA) is 64.7 Å². The Labute approximate surface area is 75.6 Å². The Morgan fingerprint density at radius 3 is 2.92 bits per heavy atom. The maximum Gasteiger partial charge on any atom is 0.321 e. The Kier molecular flexibility index (Phi) is 2.97. The van der Waals surface area contributed by atoms with Gasteiger partial charge >= 0.3 is 5.97 Å². The second-order valence-electron chi connectivity index (χ2n) is 2.50. The van der Waals surface area contributed by atoms with Crippen molar-refractivity contribution in [2.75, 3.05) is 6.61 Å². The lowest BCUT2D eigenvalue weighted by molar-refractivity contribution is -0.142. The van der Waals surface area contributed by atoms with Gasteiger partial charge in [-0.1, -0.05) is 11.8 Å². The van der Waals surface area contributed by atoms with Gasteiger partial charge in [0.25, 0.3) is 0 Å². The number of carbonyl (C=O) groups excluding carboxylic acids is 1. The summed E-state index contributed by atoms with van der Waals surface area (Å²) in [6.07, 6.45) is 0. The Morgan fingerprint density at radius 2 is 2.50 bits per heavy atom. The van der Waals surface area contributed by atoms with Gasteiger partial charge in [-0.05, 0) is 13.8 Å². The highest BCUT2D eigenvalue weighted by atomic mass is 32.2. The van der Waals surface area contributed by atoms with Crippen molar-refractivity contribution in [3.63, 3.8) is 0 Å². The lowest BCUT2D eigenvalue weighted by atomic mass is 10.2. The zero-order valence-electron chi connectivity index (χ0n) is 7.11. The normalized spacial score (nSPS) is 28.3. The second kappa shape index (κ2) is 3.80. The van der Waals surface area contributed by atoms with Crippen molar-refractivity contribution < 1.29 is 9.53 Å². The quantitative estimate of drug-likeness (QED) is 0.636. The third kappa shape index (κ3) is 1.91. The third-order valence-electron chi connectivity index (χ3n) is 1.54. The lowest BCUT2D eigenvalue weighted by Crippen LogP contribution is -2.27. The number of aliphatic imine (C=N–C) groups is 1. The summed E-state index contributed by atoms with van der Waals surface area (Å²) in [5.74, 6) is -0.223. The molecule has 12 heavy (non-hydrogen) atoms. The fraction of sp³-hybridized carbons (Fsp3) is 0.714. The Hall–Kier alpha value is -0.710. The molecule has 2 atom stereocenters. The van der Waals surface area contributed by atoms with Crippen molar-refractivity contribution in [3.8, 4) is 0 Å². The molecule has 2 N–H and O–H groups in total. The average molecular weight is 188 g/mol. The molecule has 1 aliphatic heterocycles. The van der Waals surface area contributed by atoms with E-state index in [0.717, 1.165) is 0 Å². The molecule has 68 valence electrons. The zero-order chi connectivity index (χ0) is 9.14. The van der Waals surface area contributed by atoms with Crippen LogP contribution < -0.4 is 5.73 Å². The molecule has 5 heteroatoms. The van der Waals surface area contributed by atoms with E-state index in [1.54, 1.807) is 6.92 Å². The molecule has 1 aliphatic rings. The summed E-state index contributed by atoms with van der Waals surface area (Å²) in [6, 6.07) is -0.0611. The second-order valence-corrected chi connectivity index (χ2v) is 3.66. The summed E-state index contributed by atoms with van der Waals surface area (Å²) in [7, 11) is 0. The zero-order valence-corrected chi connectivity index (χ0v) is 7.93. The molecule has 0 saturated heterocycles. The van der Waals surface area contributed by atoms with E-state index in [2.05, 4.69) is 4.99 Å². The molecule has 0 radical (unpaired) electrons. The number of nitrogens with zero attached hydrogens (tertiary/aromatic N) is 1. The molecule has 0 unspecified atom stereocenters. The summed E-state index contributed by atoms with van der Waals surface area (Å²) in [5.41, 5.74) is 5.45. The molecular formula is C7H12N2O2S. The molecule has 0 bridgehead atoms. The van der Waals surface area contributed by atoms with E-state index in [1.165, 1.54) is 11.8 Å². The summed E-state index contributed by atoms with van der Waals surface area (Å²) < 4.78 is 4.86. The predicted molar refractivity (Wildman–Crippen MR) is 49.1 cm³/mol.